The summed E-state index contributed by atoms with van der Waals surface area (Å²) in [5.41, 5.74) is -1.52. The number of halogens is 6. The highest BCUT2D eigenvalue weighted by atomic mass is 19.4. The Morgan fingerprint density at radius 2 is 1.53 bits per heavy atom. The van der Waals surface area contributed by atoms with E-state index in [9.17, 15) is 35.9 Å². The molecular weight excluding hydrogens is 466 g/mol. The molecule has 0 spiro atoms. The van der Waals surface area contributed by atoms with E-state index in [0.29, 0.717) is 11.6 Å². The SMILES string of the molecule is O=C(Cc1ccc(OC(F)F)cc1)Nc1ccc(NC(=O)c2ccc(F)cc2)cc1C(F)(F)F. The van der Waals surface area contributed by atoms with Gasteiger partial charge in [0.15, 0.2) is 0 Å². The topological polar surface area (TPSA) is 67.4 Å². The predicted molar refractivity (Wildman–Crippen MR) is 111 cm³/mol. The summed E-state index contributed by atoms with van der Waals surface area (Å²) in [5.74, 6) is -2.23. The molecule has 0 aliphatic carbocycles. The number of hydrogen-bond acceptors (Lipinski definition) is 3. The van der Waals surface area contributed by atoms with Crippen LogP contribution in [0.15, 0.2) is 66.7 Å². The van der Waals surface area contributed by atoms with E-state index in [1.54, 1.807) is 0 Å². The zero-order valence-electron chi connectivity index (χ0n) is 17.1. The van der Waals surface area contributed by atoms with Crippen LogP contribution in [0.1, 0.15) is 21.5 Å². The Bertz CT molecular complexity index is 1160. The number of alkyl halides is 5. The predicted octanol–water partition coefficient (Wildman–Crippen LogP) is 5.88. The largest absolute Gasteiger partial charge is 0.435 e. The smallest absolute Gasteiger partial charge is 0.418 e. The minimum Gasteiger partial charge on any atom is -0.435 e. The van der Waals surface area contributed by atoms with E-state index < -0.39 is 41.7 Å². The van der Waals surface area contributed by atoms with Gasteiger partial charge in [0.05, 0.1) is 17.7 Å². The molecule has 3 aromatic carbocycles. The van der Waals surface area contributed by atoms with E-state index >= 15 is 0 Å². The molecule has 0 saturated heterocycles. The highest BCUT2D eigenvalue weighted by Crippen LogP contribution is 2.36. The van der Waals surface area contributed by atoms with Crippen molar-refractivity contribution in [3.63, 3.8) is 0 Å². The maximum absolute atomic E-state index is 13.6. The molecule has 2 N–H and O–H groups in total. The van der Waals surface area contributed by atoms with Crippen molar-refractivity contribution in [2.24, 2.45) is 0 Å². The number of nitrogens with one attached hydrogen (secondary N) is 2. The van der Waals surface area contributed by atoms with E-state index in [4.69, 9.17) is 0 Å². The van der Waals surface area contributed by atoms with Gasteiger partial charge in [-0.15, -0.1) is 0 Å². The lowest BCUT2D eigenvalue weighted by Crippen LogP contribution is -2.19. The zero-order valence-corrected chi connectivity index (χ0v) is 17.1. The van der Waals surface area contributed by atoms with Gasteiger partial charge in [-0.2, -0.15) is 22.0 Å². The Balaban J connectivity index is 1.72. The second-order valence-corrected chi connectivity index (χ2v) is 6.97. The standard InChI is InChI=1S/C23H16F6N2O3/c24-15-5-3-14(4-6-15)21(33)30-16-7-10-19(18(12-16)23(27,28)29)31-20(32)11-13-1-8-17(9-2-13)34-22(25)26/h1-10,12,22H,11H2,(H,30,33)(H,31,32). The second kappa shape index (κ2) is 10.3. The normalized spacial score (nSPS) is 11.3. The van der Waals surface area contributed by atoms with Crippen LogP contribution in [0.25, 0.3) is 0 Å². The van der Waals surface area contributed by atoms with E-state index in [2.05, 4.69) is 15.4 Å². The Morgan fingerprint density at radius 1 is 0.882 bits per heavy atom. The first kappa shape index (κ1) is 24.6. The van der Waals surface area contributed by atoms with Crippen LogP contribution < -0.4 is 15.4 Å². The van der Waals surface area contributed by atoms with Gasteiger partial charge in [-0.25, -0.2) is 4.39 Å². The first-order valence-corrected chi connectivity index (χ1v) is 9.63. The maximum Gasteiger partial charge on any atom is 0.418 e. The molecule has 0 radical (unpaired) electrons. The molecule has 0 aliphatic heterocycles. The minimum atomic E-state index is -4.85. The fourth-order valence-electron chi connectivity index (χ4n) is 2.94. The van der Waals surface area contributed by atoms with Gasteiger partial charge in [0, 0.05) is 11.3 Å². The molecule has 2 amide bonds. The molecular formula is C23H16F6N2O3. The fraction of sp³-hybridized carbons (Fsp3) is 0.130. The number of carbonyl (C=O) groups is 2. The molecule has 0 fully saturated rings. The van der Waals surface area contributed by atoms with Crippen molar-refractivity contribution in [2.75, 3.05) is 10.6 Å². The molecule has 3 rings (SSSR count). The van der Waals surface area contributed by atoms with E-state index in [1.807, 2.05) is 0 Å². The molecule has 0 bridgehead atoms. The summed E-state index contributed by atoms with van der Waals surface area (Å²) < 4.78 is 82.3. The first-order valence-electron chi connectivity index (χ1n) is 9.63. The third kappa shape index (κ3) is 6.74. The molecule has 0 aromatic heterocycles. The quantitative estimate of drug-likeness (QED) is 0.414. The molecule has 178 valence electrons. The monoisotopic (exact) mass is 482 g/mol. The van der Waals surface area contributed by atoms with Crippen LogP contribution in [0.4, 0.5) is 37.7 Å². The van der Waals surface area contributed by atoms with Gasteiger partial charge in [-0.05, 0) is 60.2 Å². The van der Waals surface area contributed by atoms with Gasteiger partial charge in [0.2, 0.25) is 5.91 Å². The van der Waals surface area contributed by atoms with Crippen LogP contribution in [0, 0.1) is 5.82 Å². The number of hydrogen-bond donors (Lipinski definition) is 2. The Hall–Kier alpha value is -4.02. The van der Waals surface area contributed by atoms with Gasteiger partial charge in [-0.1, -0.05) is 12.1 Å². The molecule has 3 aromatic rings. The van der Waals surface area contributed by atoms with Crippen molar-refractivity contribution in [3.8, 4) is 5.75 Å². The lowest BCUT2D eigenvalue weighted by atomic mass is 10.1. The van der Waals surface area contributed by atoms with Crippen molar-refractivity contribution in [1.82, 2.24) is 0 Å². The van der Waals surface area contributed by atoms with Gasteiger partial charge in [-0.3, -0.25) is 9.59 Å². The molecule has 0 heterocycles. The van der Waals surface area contributed by atoms with Crippen molar-refractivity contribution >= 4 is 23.2 Å². The number of amides is 2. The number of ether oxygens (including phenoxy) is 1. The van der Waals surface area contributed by atoms with Crippen LogP contribution in [-0.2, 0) is 17.4 Å². The summed E-state index contributed by atoms with van der Waals surface area (Å²) in [6, 6.07) is 12.3. The molecule has 0 aliphatic rings. The van der Waals surface area contributed by atoms with Crippen LogP contribution in [-0.4, -0.2) is 18.4 Å². The third-order valence-electron chi connectivity index (χ3n) is 4.48. The average molecular weight is 482 g/mol. The van der Waals surface area contributed by atoms with Gasteiger partial charge in [0.25, 0.3) is 5.91 Å². The number of benzene rings is 3. The van der Waals surface area contributed by atoms with Crippen molar-refractivity contribution in [3.05, 3.63) is 89.2 Å². The number of rotatable bonds is 7. The van der Waals surface area contributed by atoms with Gasteiger partial charge >= 0.3 is 12.8 Å². The van der Waals surface area contributed by atoms with E-state index in [1.165, 1.54) is 42.5 Å². The van der Waals surface area contributed by atoms with Gasteiger partial charge in [0.1, 0.15) is 11.6 Å². The Kier molecular flexibility index (Phi) is 7.44. The summed E-state index contributed by atoms with van der Waals surface area (Å²) in [6.45, 7) is -3.02. The van der Waals surface area contributed by atoms with Gasteiger partial charge < -0.3 is 15.4 Å². The summed E-state index contributed by atoms with van der Waals surface area (Å²) in [6.07, 6.45) is -5.18. The van der Waals surface area contributed by atoms with E-state index in [0.717, 1.165) is 18.2 Å². The maximum atomic E-state index is 13.6. The second-order valence-electron chi connectivity index (χ2n) is 6.97. The van der Waals surface area contributed by atoms with Crippen LogP contribution >= 0.6 is 0 Å². The molecule has 0 saturated carbocycles. The summed E-state index contributed by atoms with van der Waals surface area (Å²) in [7, 11) is 0. The first-order chi connectivity index (χ1) is 16.0. The highest BCUT2D eigenvalue weighted by molar-refractivity contribution is 6.04. The van der Waals surface area contributed by atoms with Crippen LogP contribution in [0.2, 0.25) is 0 Å². The summed E-state index contributed by atoms with van der Waals surface area (Å²) >= 11 is 0. The molecule has 34 heavy (non-hydrogen) atoms. The minimum absolute atomic E-state index is 0.0392. The highest BCUT2D eigenvalue weighted by Gasteiger charge is 2.34. The van der Waals surface area contributed by atoms with Crippen molar-refractivity contribution in [2.45, 2.75) is 19.2 Å². The Morgan fingerprint density at radius 3 is 2.12 bits per heavy atom. The Labute approximate surface area is 189 Å². The molecule has 0 unspecified atom stereocenters. The fourth-order valence-corrected chi connectivity index (χ4v) is 2.94. The number of carbonyl (C=O) groups excluding carboxylic acids is 2. The average Bonchev–Trinajstić information content (AvgIpc) is 2.75. The molecule has 0 atom stereocenters. The lowest BCUT2D eigenvalue weighted by molar-refractivity contribution is -0.136. The van der Waals surface area contributed by atoms with Crippen LogP contribution in [0.5, 0.6) is 5.75 Å². The van der Waals surface area contributed by atoms with Crippen molar-refractivity contribution in [1.29, 1.82) is 0 Å². The summed E-state index contributed by atoms with van der Waals surface area (Å²) in [5, 5.41) is 4.46. The third-order valence-corrected chi connectivity index (χ3v) is 4.48. The van der Waals surface area contributed by atoms with E-state index in [-0.39, 0.29) is 23.4 Å². The van der Waals surface area contributed by atoms with Crippen LogP contribution in [0.3, 0.4) is 0 Å². The molecule has 5 nitrogen and oxygen atoms in total. The van der Waals surface area contributed by atoms with Crippen molar-refractivity contribution < 1.29 is 40.7 Å². The molecule has 11 heteroatoms. The summed E-state index contributed by atoms with van der Waals surface area (Å²) in [4.78, 5) is 24.5. The zero-order chi connectivity index (χ0) is 24.9. The lowest BCUT2D eigenvalue weighted by Gasteiger charge is -2.16. The number of anilines is 2.